The third-order valence-corrected chi connectivity index (χ3v) is 6.21. The molecule has 8 heteroatoms. The lowest BCUT2D eigenvalue weighted by molar-refractivity contribution is 0.397. The van der Waals surface area contributed by atoms with Crippen LogP contribution in [0.5, 0.6) is 11.6 Å². The fraction of sp³-hybridized carbons (Fsp3) is 0.269. The van der Waals surface area contributed by atoms with Gasteiger partial charge in [0.05, 0.1) is 25.4 Å². The van der Waals surface area contributed by atoms with E-state index in [1.165, 1.54) is 12.8 Å². The molecule has 0 aliphatic heterocycles. The van der Waals surface area contributed by atoms with Crippen molar-refractivity contribution in [2.45, 2.75) is 25.8 Å². The van der Waals surface area contributed by atoms with Crippen LogP contribution in [-0.2, 0) is 0 Å². The van der Waals surface area contributed by atoms with Gasteiger partial charge in [0.2, 0.25) is 5.88 Å². The highest BCUT2D eigenvalue weighted by Gasteiger charge is 2.29. The summed E-state index contributed by atoms with van der Waals surface area (Å²) >= 11 is 0. The van der Waals surface area contributed by atoms with E-state index in [-0.39, 0.29) is 6.04 Å². The standard InChI is InChI=1S/C26H24N6O2/c1-15(16-4-5-16)30-25-20-9-6-17(12-21(20)31-32-22(25)14-27)19-8-7-18(13-23(19)33-2)24-26(34-3)29-11-10-28-24/h6-13,15-16H,4-5H2,1-3H3,(H,30,31)/t15-/m1/s1. The number of nitrogens with zero attached hydrogens (tertiary/aromatic N) is 5. The predicted octanol–water partition coefficient (Wildman–Crippen LogP) is 4.85. The van der Waals surface area contributed by atoms with Crippen molar-refractivity contribution in [3.8, 4) is 40.1 Å². The predicted molar refractivity (Wildman–Crippen MR) is 130 cm³/mol. The molecule has 0 amide bonds. The fourth-order valence-corrected chi connectivity index (χ4v) is 4.19. The molecule has 1 aliphatic carbocycles. The Bertz CT molecular complexity index is 1410. The van der Waals surface area contributed by atoms with Crippen molar-refractivity contribution in [1.29, 1.82) is 5.26 Å². The molecule has 0 radical (unpaired) electrons. The van der Waals surface area contributed by atoms with Gasteiger partial charge in [-0.15, -0.1) is 10.2 Å². The van der Waals surface area contributed by atoms with Crippen molar-refractivity contribution >= 4 is 16.6 Å². The van der Waals surface area contributed by atoms with Crippen molar-refractivity contribution in [1.82, 2.24) is 20.2 Å². The molecular weight excluding hydrogens is 428 g/mol. The zero-order valence-electron chi connectivity index (χ0n) is 19.2. The molecule has 34 heavy (non-hydrogen) atoms. The minimum absolute atomic E-state index is 0.282. The Balaban J connectivity index is 1.56. The van der Waals surface area contributed by atoms with Crippen LogP contribution in [0.1, 0.15) is 25.5 Å². The zero-order valence-corrected chi connectivity index (χ0v) is 19.2. The van der Waals surface area contributed by atoms with Gasteiger partial charge in [-0.3, -0.25) is 0 Å². The van der Waals surface area contributed by atoms with Gasteiger partial charge >= 0.3 is 0 Å². The van der Waals surface area contributed by atoms with E-state index in [0.717, 1.165) is 27.8 Å². The van der Waals surface area contributed by atoms with Crippen molar-refractivity contribution < 1.29 is 9.47 Å². The van der Waals surface area contributed by atoms with E-state index >= 15 is 0 Å². The summed E-state index contributed by atoms with van der Waals surface area (Å²) in [5.41, 5.74) is 5.09. The van der Waals surface area contributed by atoms with Gasteiger partial charge in [0.1, 0.15) is 17.5 Å². The number of benzene rings is 2. The Kier molecular flexibility index (Phi) is 5.68. The van der Waals surface area contributed by atoms with Crippen LogP contribution in [0.2, 0.25) is 0 Å². The van der Waals surface area contributed by atoms with Gasteiger partial charge in [0.25, 0.3) is 0 Å². The first-order valence-corrected chi connectivity index (χ1v) is 11.1. The van der Waals surface area contributed by atoms with E-state index in [0.29, 0.717) is 34.5 Å². The molecule has 0 bridgehead atoms. The van der Waals surface area contributed by atoms with E-state index in [2.05, 4.69) is 38.5 Å². The van der Waals surface area contributed by atoms with Crippen LogP contribution in [0.15, 0.2) is 48.8 Å². The summed E-state index contributed by atoms with van der Waals surface area (Å²) in [4.78, 5) is 8.64. The highest BCUT2D eigenvalue weighted by molar-refractivity contribution is 5.96. The number of methoxy groups -OCH3 is 2. The molecule has 4 aromatic rings. The van der Waals surface area contributed by atoms with Crippen molar-refractivity contribution in [2.75, 3.05) is 19.5 Å². The smallest absolute Gasteiger partial charge is 0.240 e. The monoisotopic (exact) mass is 452 g/mol. The van der Waals surface area contributed by atoms with Gasteiger partial charge in [0, 0.05) is 34.9 Å². The normalized spacial score (nSPS) is 13.8. The highest BCUT2D eigenvalue weighted by Crippen LogP contribution is 2.38. The second-order valence-electron chi connectivity index (χ2n) is 8.37. The maximum absolute atomic E-state index is 9.58. The van der Waals surface area contributed by atoms with E-state index < -0.39 is 0 Å². The summed E-state index contributed by atoms with van der Waals surface area (Å²) in [5.74, 6) is 1.78. The van der Waals surface area contributed by atoms with Crippen LogP contribution < -0.4 is 14.8 Å². The van der Waals surface area contributed by atoms with Gasteiger partial charge in [0.15, 0.2) is 5.69 Å². The first-order valence-electron chi connectivity index (χ1n) is 11.1. The molecule has 8 nitrogen and oxygen atoms in total. The summed E-state index contributed by atoms with van der Waals surface area (Å²) in [7, 11) is 3.21. The Morgan fingerprint density at radius 2 is 1.79 bits per heavy atom. The molecule has 1 saturated carbocycles. The molecular formula is C26H24N6O2. The number of anilines is 1. The zero-order chi connectivity index (χ0) is 23.7. The fourth-order valence-electron chi connectivity index (χ4n) is 4.19. The van der Waals surface area contributed by atoms with Gasteiger partial charge in [-0.25, -0.2) is 9.97 Å². The minimum atomic E-state index is 0.282. The Morgan fingerprint density at radius 1 is 1.00 bits per heavy atom. The molecule has 0 saturated heterocycles. The van der Waals surface area contributed by atoms with Gasteiger partial charge in [-0.1, -0.05) is 12.1 Å². The van der Waals surface area contributed by atoms with E-state index in [1.54, 1.807) is 26.6 Å². The minimum Gasteiger partial charge on any atom is -0.496 e. The Labute approximate surface area is 197 Å². The molecule has 0 unspecified atom stereocenters. The van der Waals surface area contributed by atoms with Gasteiger partial charge in [-0.05, 0) is 55.5 Å². The van der Waals surface area contributed by atoms with E-state index in [4.69, 9.17) is 9.47 Å². The van der Waals surface area contributed by atoms with Crippen LogP contribution >= 0.6 is 0 Å². The molecule has 5 rings (SSSR count). The maximum atomic E-state index is 9.58. The summed E-state index contributed by atoms with van der Waals surface area (Å²) in [6, 6.07) is 14.3. The highest BCUT2D eigenvalue weighted by atomic mass is 16.5. The Morgan fingerprint density at radius 3 is 2.53 bits per heavy atom. The lowest BCUT2D eigenvalue weighted by atomic mass is 9.99. The molecule has 1 N–H and O–H groups in total. The number of nitriles is 1. The Hall–Kier alpha value is -4.25. The van der Waals surface area contributed by atoms with Crippen molar-refractivity contribution in [3.63, 3.8) is 0 Å². The quantitative estimate of drug-likeness (QED) is 0.424. The molecule has 2 aromatic heterocycles. The van der Waals surface area contributed by atoms with Crippen LogP contribution in [0, 0.1) is 17.2 Å². The topological polar surface area (TPSA) is 106 Å². The molecule has 2 heterocycles. The third kappa shape index (κ3) is 3.97. The maximum Gasteiger partial charge on any atom is 0.240 e. The number of fused-ring (bicyclic) bond motifs is 1. The number of ether oxygens (including phenoxy) is 2. The second-order valence-corrected chi connectivity index (χ2v) is 8.37. The van der Waals surface area contributed by atoms with Crippen LogP contribution in [-0.4, -0.2) is 40.4 Å². The lowest BCUT2D eigenvalue weighted by Gasteiger charge is -2.17. The van der Waals surface area contributed by atoms with Crippen LogP contribution in [0.4, 0.5) is 5.69 Å². The number of nitrogens with one attached hydrogen (secondary N) is 1. The molecule has 1 aliphatic rings. The summed E-state index contributed by atoms with van der Waals surface area (Å²) in [5, 5.41) is 22.5. The summed E-state index contributed by atoms with van der Waals surface area (Å²) < 4.78 is 11.1. The van der Waals surface area contributed by atoms with Crippen molar-refractivity contribution in [3.05, 3.63) is 54.5 Å². The molecule has 2 aromatic carbocycles. The first-order chi connectivity index (χ1) is 16.6. The summed E-state index contributed by atoms with van der Waals surface area (Å²) in [6.07, 6.45) is 5.65. The average Bonchev–Trinajstić information content (AvgIpc) is 3.74. The van der Waals surface area contributed by atoms with Crippen LogP contribution in [0.25, 0.3) is 33.3 Å². The van der Waals surface area contributed by atoms with Gasteiger partial charge in [-0.2, -0.15) is 5.26 Å². The molecule has 1 atom stereocenters. The lowest BCUT2D eigenvalue weighted by Crippen LogP contribution is -2.19. The number of rotatable bonds is 7. The number of hydrogen-bond acceptors (Lipinski definition) is 8. The van der Waals surface area contributed by atoms with E-state index in [1.807, 2.05) is 36.4 Å². The number of hydrogen-bond donors (Lipinski definition) is 1. The molecule has 0 spiro atoms. The average molecular weight is 453 g/mol. The van der Waals surface area contributed by atoms with Crippen molar-refractivity contribution in [2.24, 2.45) is 5.92 Å². The molecule has 170 valence electrons. The molecule has 1 fully saturated rings. The van der Waals surface area contributed by atoms with Gasteiger partial charge < -0.3 is 14.8 Å². The van der Waals surface area contributed by atoms with Crippen LogP contribution in [0.3, 0.4) is 0 Å². The third-order valence-electron chi connectivity index (χ3n) is 6.21. The summed E-state index contributed by atoms with van der Waals surface area (Å²) in [6.45, 7) is 2.15. The SMILES string of the molecule is COc1cc(-c2nccnc2OC)ccc1-c1ccc2c(N[C@H](C)C3CC3)c(C#N)nnc2c1. The second kappa shape index (κ2) is 8.94. The largest absolute Gasteiger partial charge is 0.496 e. The number of aromatic nitrogens is 4. The first kappa shape index (κ1) is 21.6. The van der Waals surface area contributed by atoms with E-state index in [9.17, 15) is 5.26 Å².